The molecule has 1 aliphatic rings. The summed E-state index contributed by atoms with van der Waals surface area (Å²) in [7, 11) is 0. The van der Waals surface area contributed by atoms with E-state index in [0.29, 0.717) is 18.2 Å². The molecule has 0 saturated carbocycles. The van der Waals surface area contributed by atoms with Gasteiger partial charge >= 0.3 is 0 Å². The standard InChI is InChI=1S/C11H19NO/c1-5-8(2)12-11-6-9(3)13-10(4)7-11/h1,8-12H,6-7H2,2-4H3. The molecule has 13 heavy (non-hydrogen) atoms. The number of rotatable bonds is 2. The van der Waals surface area contributed by atoms with E-state index < -0.39 is 0 Å². The van der Waals surface area contributed by atoms with Crippen molar-refractivity contribution in [3.05, 3.63) is 0 Å². The third-order valence-corrected chi connectivity index (χ3v) is 2.43. The molecule has 3 unspecified atom stereocenters. The summed E-state index contributed by atoms with van der Waals surface area (Å²) in [6, 6.07) is 0.687. The number of terminal acetylenes is 1. The number of nitrogens with one attached hydrogen (secondary N) is 1. The van der Waals surface area contributed by atoms with Crippen molar-refractivity contribution < 1.29 is 4.74 Å². The zero-order valence-electron chi connectivity index (χ0n) is 8.71. The quantitative estimate of drug-likeness (QED) is 0.653. The maximum atomic E-state index is 5.64. The van der Waals surface area contributed by atoms with Gasteiger partial charge in [-0.3, -0.25) is 0 Å². The number of ether oxygens (including phenoxy) is 1. The van der Waals surface area contributed by atoms with Crippen LogP contribution in [-0.4, -0.2) is 24.3 Å². The van der Waals surface area contributed by atoms with E-state index in [1.807, 2.05) is 6.92 Å². The highest BCUT2D eigenvalue weighted by Gasteiger charge is 2.24. The summed E-state index contributed by atoms with van der Waals surface area (Å²) in [5.41, 5.74) is 0. The van der Waals surface area contributed by atoms with Crippen LogP contribution in [-0.2, 0) is 4.74 Å². The summed E-state index contributed by atoms with van der Waals surface area (Å²) in [4.78, 5) is 0. The zero-order valence-corrected chi connectivity index (χ0v) is 8.71. The first-order chi connectivity index (χ1) is 6.11. The first-order valence-corrected chi connectivity index (χ1v) is 4.99. The first-order valence-electron chi connectivity index (χ1n) is 4.99. The lowest BCUT2D eigenvalue weighted by atomic mass is 9.99. The van der Waals surface area contributed by atoms with Crippen molar-refractivity contribution in [2.24, 2.45) is 0 Å². The topological polar surface area (TPSA) is 21.3 Å². The fraction of sp³-hybridized carbons (Fsp3) is 0.818. The Kier molecular flexibility index (Phi) is 3.77. The summed E-state index contributed by atoms with van der Waals surface area (Å²) in [5, 5.41) is 3.41. The van der Waals surface area contributed by atoms with E-state index in [-0.39, 0.29) is 6.04 Å². The van der Waals surface area contributed by atoms with Gasteiger partial charge in [0.1, 0.15) is 0 Å². The average molecular weight is 181 g/mol. The molecular weight excluding hydrogens is 162 g/mol. The van der Waals surface area contributed by atoms with Crippen molar-refractivity contribution in [1.29, 1.82) is 0 Å². The highest BCUT2D eigenvalue weighted by molar-refractivity contribution is 4.97. The lowest BCUT2D eigenvalue weighted by Gasteiger charge is -2.33. The molecule has 0 aromatic heterocycles. The van der Waals surface area contributed by atoms with E-state index in [1.165, 1.54) is 0 Å². The minimum atomic E-state index is 0.169. The van der Waals surface area contributed by atoms with Crippen molar-refractivity contribution in [1.82, 2.24) is 5.32 Å². The fourth-order valence-corrected chi connectivity index (χ4v) is 1.94. The van der Waals surface area contributed by atoms with Gasteiger partial charge in [0.25, 0.3) is 0 Å². The van der Waals surface area contributed by atoms with Crippen LogP contribution in [0.2, 0.25) is 0 Å². The van der Waals surface area contributed by atoms with Gasteiger partial charge in [-0.15, -0.1) is 6.42 Å². The lowest BCUT2D eigenvalue weighted by molar-refractivity contribution is -0.0425. The van der Waals surface area contributed by atoms with E-state index >= 15 is 0 Å². The van der Waals surface area contributed by atoms with Crippen molar-refractivity contribution in [3.63, 3.8) is 0 Å². The Morgan fingerprint density at radius 2 is 1.92 bits per heavy atom. The van der Waals surface area contributed by atoms with E-state index in [0.717, 1.165) is 12.8 Å². The number of hydrogen-bond donors (Lipinski definition) is 1. The molecule has 0 spiro atoms. The SMILES string of the molecule is C#CC(C)NC1CC(C)OC(C)C1. The summed E-state index contributed by atoms with van der Waals surface area (Å²) >= 11 is 0. The average Bonchev–Trinajstić information content (AvgIpc) is 2.02. The zero-order chi connectivity index (χ0) is 9.84. The highest BCUT2D eigenvalue weighted by atomic mass is 16.5. The largest absolute Gasteiger partial charge is 0.375 e. The van der Waals surface area contributed by atoms with Gasteiger partial charge in [-0.2, -0.15) is 0 Å². The van der Waals surface area contributed by atoms with Crippen LogP contribution in [0.1, 0.15) is 33.6 Å². The Balaban J connectivity index is 2.38. The third-order valence-electron chi connectivity index (χ3n) is 2.43. The normalized spacial score (nSPS) is 36.6. The molecule has 1 saturated heterocycles. The van der Waals surface area contributed by atoms with Crippen molar-refractivity contribution in [2.45, 2.75) is 57.9 Å². The minimum Gasteiger partial charge on any atom is -0.375 e. The molecule has 74 valence electrons. The predicted octanol–water partition coefficient (Wildman–Crippen LogP) is 1.55. The third kappa shape index (κ3) is 3.38. The second-order valence-electron chi connectivity index (χ2n) is 3.98. The Labute approximate surface area is 81.0 Å². The van der Waals surface area contributed by atoms with Crippen LogP contribution in [0.4, 0.5) is 0 Å². The van der Waals surface area contributed by atoms with Gasteiger partial charge in [0.15, 0.2) is 0 Å². The van der Waals surface area contributed by atoms with Crippen LogP contribution in [0.5, 0.6) is 0 Å². The van der Waals surface area contributed by atoms with Crippen molar-refractivity contribution >= 4 is 0 Å². The molecule has 0 radical (unpaired) electrons. The smallest absolute Gasteiger partial charge is 0.0660 e. The Hall–Kier alpha value is -0.520. The van der Waals surface area contributed by atoms with E-state index in [9.17, 15) is 0 Å². The van der Waals surface area contributed by atoms with Crippen LogP contribution in [0.15, 0.2) is 0 Å². The monoisotopic (exact) mass is 181 g/mol. The van der Waals surface area contributed by atoms with Gasteiger partial charge in [0, 0.05) is 6.04 Å². The molecule has 0 amide bonds. The summed E-state index contributed by atoms with van der Waals surface area (Å²) < 4.78 is 5.64. The van der Waals surface area contributed by atoms with Gasteiger partial charge in [0.2, 0.25) is 0 Å². The molecule has 3 atom stereocenters. The van der Waals surface area contributed by atoms with Crippen LogP contribution in [0, 0.1) is 12.3 Å². The molecule has 1 N–H and O–H groups in total. The maximum Gasteiger partial charge on any atom is 0.0660 e. The summed E-state index contributed by atoms with van der Waals surface area (Å²) in [5.74, 6) is 2.69. The molecule has 0 aromatic rings. The van der Waals surface area contributed by atoms with E-state index in [2.05, 4.69) is 25.1 Å². The van der Waals surface area contributed by atoms with Gasteiger partial charge in [-0.05, 0) is 33.6 Å². The van der Waals surface area contributed by atoms with Crippen LogP contribution < -0.4 is 5.32 Å². The van der Waals surface area contributed by atoms with Crippen LogP contribution >= 0.6 is 0 Å². The van der Waals surface area contributed by atoms with Crippen molar-refractivity contribution in [3.8, 4) is 12.3 Å². The maximum absolute atomic E-state index is 5.64. The van der Waals surface area contributed by atoms with Gasteiger partial charge < -0.3 is 10.1 Å². The Morgan fingerprint density at radius 1 is 1.38 bits per heavy atom. The molecular formula is C11H19NO. The lowest BCUT2D eigenvalue weighted by Crippen LogP contribution is -2.44. The van der Waals surface area contributed by atoms with E-state index in [4.69, 9.17) is 11.2 Å². The Bertz CT molecular complexity index is 187. The van der Waals surface area contributed by atoms with Gasteiger partial charge in [0.05, 0.1) is 18.2 Å². The fourth-order valence-electron chi connectivity index (χ4n) is 1.94. The number of hydrogen-bond acceptors (Lipinski definition) is 2. The second-order valence-corrected chi connectivity index (χ2v) is 3.98. The summed E-state index contributed by atoms with van der Waals surface area (Å²) in [6.45, 7) is 6.25. The molecule has 1 aliphatic heterocycles. The van der Waals surface area contributed by atoms with Crippen molar-refractivity contribution in [2.75, 3.05) is 0 Å². The van der Waals surface area contributed by atoms with Gasteiger partial charge in [-0.1, -0.05) is 5.92 Å². The molecule has 0 aliphatic carbocycles. The highest BCUT2D eigenvalue weighted by Crippen LogP contribution is 2.19. The minimum absolute atomic E-state index is 0.169. The molecule has 2 nitrogen and oxygen atoms in total. The molecule has 0 aromatic carbocycles. The van der Waals surface area contributed by atoms with E-state index in [1.54, 1.807) is 0 Å². The molecule has 1 heterocycles. The van der Waals surface area contributed by atoms with Gasteiger partial charge in [-0.25, -0.2) is 0 Å². The first kappa shape index (κ1) is 10.6. The predicted molar refractivity (Wildman–Crippen MR) is 54.5 cm³/mol. The molecule has 0 bridgehead atoms. The molecule has 2 heteroatoms. The molecule has 1 fully saturated rings. The summed E-state index contributed by atoms with van der Waals surface area (Å²) in [6.07, 6.45) is 8.15. The Morgan fingerprint density at radius 3 is 2.38 bits per heavy atom. The van der Waals surface area contributed by atoms with Crippen LogP contribution in [0.3, 0.4) is 0 Å². The van der Waals surface area contributed by atoms with Crippen LogP contribution in [0.25, 0.3) is 0 Å². The second kappa shape index (κ2) is 4.64. The molecule has 1 rings (SSSR count).